The fourth-order valence-corrected chi connectivity index (χ4v) is 2.39. The lowest BCUT2D eigenvalue weighted by Crippen LogP contribution is -2.06. The number of hydrogen-bond donors (Lipinski definition) is 1. The Labute approximate surface area is 102 Å². The molecule has 0 spiro atoms. The Hall–Kier alpha value is -0.860. The molecule has 0 amide bonds. The number of aromatic nitrogens is 2. The van der Waals surface area contributed by atoms with Crippen molar-refractivity contribution < 1.29 is 14.3 Å². The zero-order valence-corrected chi connectivity index (χ0v) is 10.7. The summed E-state index contributed by atoms with van der Waals surface area (Å²) in [5, 5.41) is 11.6. The number of nitrogens with one attached hydrogen (secondary N) is 1. The maximum atomic E-state index is 10.9. The van der Waals surface area contributed by atoms with Crippen molar-refractivity contribution in [2.45, 2.75) is 4.34 Å². The van der Waals surface area contributed by atoms with Crippen LogP contribution in [0.3, 0.4) is 0 Å². The molecule has 0 radical (unpaired) electrons. The van der Waals surface area contributed by atoms with Gasteiger partial charge in [0.25, 0.3) is 0 Å². The average Bonchev–Trinajstić information content (AvgIpc) is 2.74. The molecular weight excluding hydrogens is 250 g/mol. The standard InChI is InChI=1S/C8H13N3O3S2/c1-13-4-3-9-7-10-11-8(16-7)15-5-6(12)14-2/h3-5H2,1-2H3,(H,9,10). The summed E-state index contributed by atoms with van der Waals surface area (Å²) in [6, 6.07) is 0. The van der Waals surface area contributed by atoms with E-state index in [1.54, 1.807) is 7.11 Å². The summed E-state index contributed by atoms with van der Waals surface area (Å²) >= 11 is 2.71. The van der Waals surface area contributed by atoms with Crippen molar-refractivity contribution in [3.63, 3.8) is 0 Å². The number of methoxy groups -OCH3 is 2. The SMILES string of the molecule is COCCNc1nnc(SCC(=O)OC)s1. The lowest BCUT2D eigenvalue weighted by molar-refractivity contribution is -0.137. The molecule has 8 heteroatoms. The predicted molar refractivity (Wildman–Crippen MR) is 63.0 cm³/mol. The number of hydrogen-bond acceptors (Lipinski definition) is 8. The van der Waals surface area contributed by atoms with Crippen LogP contribution in [-0.2, 0) is 14.3 Å². The first-order chi connectivity index (χ1) is 7.76. The Bertz CT molecular complexity index is 332. The van der Waals surface area contributed by atoms with Gasteiger partial charge >= 0.3 is 5.97 Å². The van der Waals surface area contributed by atoms with Crippen molar-refractivity contribution in [1.29, 1.82) is 0 Å². The minimum Gasteiger partial charge on any atom is -0.468 e. The van der Waals surface area contributed by atoms with Crippen molar-refractivity contribution in [3.05, 3.63) is 0 Å². The molecular formula is C8H13N3O3S2. The fraction of sp³-hybridized carbons (Fsp3) is 0.625. The van der Waals surface area contributed by atoms with Gasteiger partial charge in [0.15, 0.2) is 4.34 Å². The molecule has 0 unspecified atom stereocenters. The zero-order valence-electron chi connectivity index (χ0n) is 9.06. The molecule has 0 atom stereocenters. The van der Waals surface area contributed by atoms with Gasteiger partial charge < -0.3 is 14.8 Å². The summed E-state index contributed by atoms with van der Waals surface area (Å²) in [5.74, 6) is -0.0162. The molecule has 1 N–H and O–H groups in total. The van der Waals surface area contributed by atoms with Gasteiger partial charge in [0.05, 0.1) is 19.5 Å². The maximum Gasteiger partial charge on any atom is 0.316 e. The third kappa shape index (κ3) is 4.77. The lowest BCUT2D eigenvalue weighted by atomic mass is 10.7. The summed E-state index contributed by atoms with van der Waals surface area (Å²) in [6.45, 7) is 1.30. The highest BCUT2D eigenvalue weighted by atomic mass is 32.2. The van der Waals surface area contributed by atoms with Gasteiger partial charge in [-0.2, -0.15) is 0 Å². The van der Waals surface area contributed by atoms with Gasteiger partial charge in [0, 0.05) is 13.7 Å². The smallest absolute Gasteiger partial charge is 0.316 e. The zero-order chi connectivity index (χ0) is 11.8. The predicted octanol–water partition coefficient (Wildman–Crippen LogP) is 0.861. The van der Waals surface area contributed by atoms with E-state index >= 15 is 0 Å². The van der Waals surface area contributed by atoms with Crippen LogP contribution in [0.1, 0.15) is 0 Å². The van der Waals surface area contributed by atoms with Crippen LogP contribution in [0.5, 0.6) is 0 Å². The number of esters is 1. The number of carbonyl (C=O) groups is 1. The Morgan fingerprint density at radius 1 is 1.50 bits per heavy atom. The topological polar surface area (TPSA) is 73.3 Å². The Balaban J connectivity index is 2.30. The Kier molecular flexibility index (Phi) is 6.12. The van der Waals surface area contributed by atoms with Gasteiger partial charge in [-0.3, -0.25) is 4.79 Å². The molecule has 1 rings (SSSR count). The Morgan fingerprint density at radius 2 is 2.31 bits per heavy atom. The Morgan fingerprint density at radius 3 is 3.00 bits per heavy atom. The van der Waals surface area contributed by atoms with E-state index in [-0.39, 0.29) is 11.7 Å². The third-order valence-electron chi connectivity index (χ3n) is 1.53. The van der Waals surface area contributed by atoms with Crippen LogP contribution < -0.4 is 5.32 Å². The lowest BCUT2D eigenvalue weighted by Gasteiger charge is -1.98. The highest BCUT2D eigenvalue weighted by Gasteiger charge is 2.07. The largest absolute Gasteiger partial charge is 0.468 e. The van der Waals surface area contributed by atoms with E-state index < -0.39 is 0 Å². The number of nitrogens with zero attached hydrogens (tertiary/aromatic N) is 2. The minimum atomic E-state index is -0.269. The second-order valence-corrected chi connectivity index (χ2v) is 4.86. The van der Waals surface area contributed by atoms with E-state index in [1.165, 1.54) is 30.2 Å². The van der Waals surface area contributed by atoms with Gasteiger partial charge in [-0.05, 0) is 0 Å². The molecule has 90 valence electrons. The number of carbonyl (C=O) groups excluding carboxylic acids is 1. The number of rotatable bonds is 7. The third-order valence-corrected chi connectivity index (χ3v) is 3.52. The monoisotopic (exact) mass is 263 g/mol. The molecule has 1 aromatic rings. The summed E-state index contributed by atoms with van der Waals surface area (Å²) in [4.78, 5) is 10.9. The molecule has 0 aliphatic rings. The summed E-state index contributed by atoms with van der Waals surface area (Å²) in [7, 11) is 3.00. The molecule has 0 fully saturated rings. The molecule has 6 nitrogen and oxygen atoms in total. The van der Waals surface area contributed by atoms with Gasteiger partial charge in [-0.25, -0.2) is 0 Å². The molecule has 0 saturated carbocycles. The first kappa shape index (κ1) is 13.2. The summed E-state index contributed by atoms with van der Waals surface area (Å²) in [5.41, 5.74) is 0. The second-order valence-electron chi connectivity index (χ2n) is 2.66. The van der Waals surface area contributed by atoms with Crippen LogP contribution in [-0.4, -0.2) is 49.3 Å². The van der Waals surface area contributed by atoms with Crippen LogP contribution in [0, 0.1) is 0 Å². The van der Waals surface area contributed by atoms with Gasteiger partial charge in [-0.15, -0.1) is 10.2 Å². The van der Waals surface area contributed by atoms with Crippen LogP contribution in [0.4, 0.5) is 5.13 Å². The fourth-order valence-electron chi connectivity index (χ4n) is 0.779. The normalized spacial score (nSPS) is 10.1. The maximum absolute atomic E-state index is 10.9. The quantitative estimate of drug-likeness (QED) is 0.444. The first-order valence-corrected chi connectivity index (χ1v) is 6.32. The molecule has 0 aromatic carbocycles. The number of ether oxygens (including phenoxy) is 2. The molecule has 1 aromatic heterocycles. The van der Waals surface area contributed by atoms with E-state index in [9.17, 15) is 4.79 Å². The van der Waals surface area contributed by atoms with Gasteiger partial charge in [0.2, 0.25) is 5.13 Å². The molecule has 0 saturated heterocycles. The average molecular weight is 263 g/mol. The molecule has 0 bridgehead atoms. The van der Waals surface area contributed by atoms with Crippen molar-refractivity contribution in [2.24, 2.45) is 0 Å². The van der Waals surface area contributed by atoms with Gasteiger partial charge in [0.1, 0.15) is 0 Å². The van der Waals surface area contributed by atoms with E-state index in [0.717, 1.165) is 9.47 Å². The van der Waals surface area contributed by atoms with Crippen molar-refractivity contribution in [2.75, 3.05) is 38.4 Å². The molecule has 0 aliphatic carbocycles. The molecule has 1 heterocycles. The second kappa shape index (κ2) is 7.42. The summed E-state index contributed by atoms with van der Waals surface area (Å²) in [6.07, 6.45) is 0. The first-order valence-electron chi connectivity index (χ1n) is 4.52. The highest BCUT2D eigenvalue weighted by Crippen LogP contribution is 2.25. The number of thioether (sulfide) groups is 1. The molecule has 16 heavy (non-hydrogen) atoms. The van der Waals surface area contributed by atoms with Crippen LogP contribution in [0.2, 0.25) is 0 Å². The van der Waals surface area contributed by atoms with Gasteiger partial charge in [-0.1, -0.05) is 23.1 Å². The minimum absolute atomic E-state index is 0.253. The number of anilines is 1. The van der Waals surface area contributed by atoms with Crippen LogP contribution >= 0.6 is 23.1 Å². The highest BCUT2D eigenvalue weighted by molar-refractivity contribution is 8.01. The van der Waals surface area contributed by atoms with E-state index in [1.807, 2.05) is 0 Å². The molecule has 0 aliphatic heterocycles. The van der Waals surface area contributed by atoms with Crippen molar-refractivity contribution in [3.8, 4) is 0 Å². The van der Waals surface area contributed by atoms with Crippen molar-refractivity contribution in [1.82, 2.24) is 10.2 Å². The van der Waals surface area contributed by atoms with E-state index in [2.05, 4.69) is 20.3 Å². The van der Waals surface area contributed by atoms with Crippen LogP contribution in [0.25, 0.3) is 0 Å². The van der Waals surface area contributed by atoms with Crippen LogP contribution in [0.15, 0.2) is 4.34 Å². The van der Waals surface area contributed by atoms with E-state index in [4.69, 9.17) is 4.74 Å². The van der Waals surface area contributed by atoms with Crippen molar-refractivity contribution >= 4 is 34.2 Å². The summed E-state index contributed by atoms with van der Waals surface area (Å²) < 4.78 is 10.2. The van der Waals surface area contributed by atoms with E-state index in [0.29, 0.717) is 13.2 Å².